The van der Waals surface area contributed by atoms with E-state index in [4.69, 9.17) is 4.74 Å². The van der Waals surface area contributed by atoms with Gasteiger partial charge < -0.3 is 4.74 Å². The molecule has 1 atom stereocenters. The summed E-state index contributed by atoms with van der Waals surface area (Å²) in [5.41, 5.74) is 3.79. The second-order valence-electron chi connectivity index (χ2n) is 5.12. The smallest absolute Gasteiger partial charge is 0.125 e. The number of aryl methyl sites for hydroxylation is 2. The maximum atomic E-state index is 6.03. The second-order valence-corrected chi connectivity index (χ2v) is 5.77. The molecule has 1 rings (SSSR count). The van der Waals surface area contributed by atoms with Crippen molar-refractivity contribution in [1.82, 2.24) is 0 Å². The molecule has 1 nitrogen and oxygen atoms in total. The molecule has 0 saturated heterocycles. The van der Waals surface area contributed by atoms with Crippen molar-refractivity contribution in [2.75, 3.05) is 11.9 Å². The number of rotatable bonds is 5. The molecule has 0 N–H and O–H groups in total. The Hall–Kier alpha value is -0.500. The van der Waals surface area contributed by atoms with E-state index in [0.717, 1.165) is 17.7 Å². The van der Waals surface area contributed by atoms with Gasteiger partial charge in [-0.1, -0.05) is 41.9 Å². The molecule has 2 heteroatoms. The SMILES string of the molecule is Cc1ccc(C)c(OCC(CBr)C(C)C)c1C. The van der Waals surface area contributed by atoms with E-state index in [1.807, 2.05) is 0 Å². The van der Waals surface area contributed by atoms with Crippen molar-refractivity contribution in [3.05, 3.63) is 28.8 Å². The number of halogens is 1. The van der Waals surface area contributed by atoms with Crippen LogP contribution in [0.3, 0.4) is 0 Å². The molecule has 0 aliphatic carbocycles. The van der Waals surface area contributed by atoms with Crippen LogP contribution in [0.5, 0.6) is 5.75 Å². The van der Waals surface area contributed by atoms with Crippen molar-refractivity contribution < 1.29 is 4.74 Å². The highest BCUT2D eigenvalue weighted by Crippen LogP contribution is 2.27. The van der Waals surface area contributed by atoms with E-state index in [1.54, 1.807) is 0 Å². The first-order valence-corrected chi connectivity index (χ1v) is 7.35. The number of hydrogen-bond acceptors (Lipinski definition) is 1. The Morgan fingerprint density at radius 2 is 1.71 bits per heavy atom. The molecule has 0 radical (unpaired) electrons. The predicted molar refractivity (Wildman–Crippen MR) is 78.3 cm³/mol. The van der Waals surface area contributed by atoms with Crippen molar-refractivity contribution in [2.24, 2.45) is 11.8 Å². The van der Waals surface area contributed by atoms with Gasteiger partial charge in [0.15, 0.2) is 0 Å². The maximum absolute atomic E-state index is 6.03. The minimum Gasteiger partial charge on any atom is -0.493 e. The topological polar surface area (TPSA) is 9.23 Å². The van der Waals surface area contributed by atoms with Crippen LogP contribution in [0.25, 0.3) is 0 Å². The molecule has 0 aromatic heterocycles. The van der Waals surface area contributed by atoms with Crippen LogP contribution >= 0.6 is 15.9 Å². The Kier molecular flexibility index (Phi) is 5.51. The third kappa shape index (κ3) is 3.74. The van der Waals surface area contributed by atoms with Crippen LogP contribution < -0.4 is 4.74 Å². The average molecular weight is 299 g/mol. The lowest BCUT2D eigenvalue weighted by molar-refractivity contribution is 0.225. The normalized spacial score (nSPS) is 12.9. The van der Waals surface area contributed by atoms with Crippen LogP contribution in [-0.4, -0.2) is 11.9 Å². The van der Waals surface area contributed by atoms with E-state index >= 15 is 0 Å². The lowest BCUT2D eigenvalue weighted by atomic mass is 9.99. The number of benzene rings is 1. The molecular weight excluding hydrogens is 276 g/mol. The van der Waals surface area contributed by atoms with E-state index in [9.17, 15) is 0 Å². The highest BCUT2D eigenvalue weighted by Gasteiger charge is 2.14. The largest absolute Gasteiger partial charge is 0.493 e. The van der Waals surface area contributed by atoms with Crippen molar-refractivity contribution in [3.8, 4) is 5.75 Å². The monoisotopic (exact) mass is 298 g/mol. The summed E-state index contributed by atoms with van der Waals surface area (Å²) in [5.74, 6) is 2.27. The van der Waals surface area contributed by atoms with Gasteiger partial charge in [0.05, 0.1) is 6.61 Å². The first-order valence-electron chi connectivity index (χ1n) is 6.23. The number of ether oxygens (including phenoxy) is 1. The Labute approximate surface area is 114 Å². The predicted octanol–water partition coefficient (Wildman–Crippen LogP) is 4.66. The summed E-state index contributed by atoms with van der Waals surface area (Å²) in [6.07, 6.45) is 0. The number of alkyl halides is 1. The van der Waals surface area contributed by atoms with E-state index in [-0.39, 0.29) is 0 Å². The molecule has 0 aliphatic heterocycles. The average Bonchev–Trinajstić information content (AvgIpc) is 2.28. The van der Waals surface area contributed by atoms with Gasteiger partial charge in [0.25, 0.3) is 0 Å². The van der Waals surface area contributed by atoms with Crippen LogP contribution in [0.1, 0.15) is 30.5 Å². The Balaban J connectivity index is 2.78. The molecular formula is C15H23BrO. The van der Waals surface area contributed by atoms with Crippen molar-refractivity contribution in [2.45, 2.75) is 34.6 Å². The molecule has 0 saturated carbocycles. The Bertz CT molecular complexity index is 371. The van der Waals surface area contributed by atoms with Gasteiger partial charge in [-0.3, -0.25) is 0 Å². The fourth-order valence-electron chi connectivity index (χ4n) is 1.75. The molecule has 0 aliphatic rings. The van der Waals surface area contributed by atoms with Gasteiger partial charge in [-0.05, 0) is 43.4 Å². The van der Waals surface area contributed by atoms with Crippen molar-refractivity contribution in [1.29, 1.82) is 0 Å². The minimum absolute atomic E-state index is 0.564. The fraction of sp³-hybridized carbons (Fsp3) is 0.600. The first-order chi connectivity index (χ1) is 7.97. The van der Waals surface area contributed by atoms with Crippen LogP contribution in [0, 0.1) is 32.6 Å². The first kappa shape index (κ1) is 14.6. The third-order valence-electron chi connectivity index (χ3n) is 3.46. The zero-order valence-electron chi connectivity index (χ0n) is 11.5. The standard InChI is InChI=1S/C15H23BrO/c1-10(2)14(8-16)9-17-15-12(4)7-6-11(3)13(15)5/h6-7,10,14H,8-9H2,1-5H3. The lowest BCUT2D eigenvalue weighted by Gasteiger charge is -2.21. The zero-order valence-corrected chi connectivity index (χ0v) is 13.1. The van der Waals surface area contributed by atoms with Gasteiger partial charge in [0, 0.05) is 11.2 Å². The molecule has 1 aromatic carbocycles. The van der Waals surface area contributed by atoms with E-state index in [0.29, 0.717) is 11.8 Å². The van der Waals surface area contributed by atoms with Crippen LogP contribution in [-0.2, 0) is 0 Å². The molecule has 17 heavy (non-hydrogen) atoms. The highest BCUT2D eigenvalue weighted by molar-refractivity contribution is 9.09. The third-order valence-corrected chi connectivity index (χ3v) is 4.29. The molecule has 1 unspecified atom stereocenters. The van der Waals surface area contributed by atoms with Gasteiger partial charge in [-0.2, -0.15) is 0 Å². The fourth-order valence-corrected chi connectivity index (χ4v) is 2.69. The summed E-state index contributed by atoms with van der Waals surface area (Å²) in [7, 11) is 0. The summed E-state index contributed by atoms with van der Waals surface area (Å²) in [4.78, 5) is 0. The summed E-state index contributed by atoms with van der Waals surface area (Å²) < 4.78 is 6.03. The van der Waals surface area contributed by atoms with Crippen LogP contribution in [0.15, 0.2) is 12.1 Å². The highest BCUT2D eigenvalue weighted by atomic mass is 79.9. The van der Waals surface area contributed by atoms with Gasteiger partial charge in [-0.25, -0.2) is 0 Å². The zero-order chi connectivity index (χ0) is 13.0. The molecule has 1 aromatic rings. The van der Waals surface area contributed by atoms with Crippen molar-refractivity contribution in [3.63, 3.8) is 0 Å². The van der Waals surface area contributed by atoms with E-state index < -0.39 is 0 Å². The summed E-state index contributed by atoms with van der Waals surface area (Å²) >= 11 is 3.56. The van der Waals surface area contributed by atoms with Gasteiger partial charge in [0.2, 0.25) is 0 Å². The van der Waals surface area contributed by atoms with Gasteiger partial charge in [-0.15, -0.1) is 0 Å². The number of hydrogen-bond donors (Lipinski definition) is 0. The van der Waals surface area contributed by atoms with E-state index in [1.165, 1.54) is 16.7 Å². The molecule has 0 spiro atoms. The summed E-state index contributed by atoms with van der Waals surface area (Å²) in [6.45, 7) is 11.6. The van der Waals surface area contributed by atoms with Crippen molar-refractivity contribution >= 4 is 15.9 Å². The molecule has 96 valence electrons. The second kappa shape index (κ2) is 6.44. The Morgan fingerprint density at radius 3 is 2.24 bits per heavy atom. The van der Waals surface area contributed by atoms with Gasteiger partial charge in [0.1, 0.15) is 5.75 Å². The summed E-state index contributed by atoms with van der Waals surface area (Å²) in [5, 5.41) is 0.995. The quantitative estimate of drug-likeness (QED) is 0.719. The molecule has 0 heterocycles. The lowest BCUT2D eigenvalue weighted by Crippen LogP contribution is -2.19. The van der Waals surface area contributed by atoms with Crippen LogP contribution in [0.4, 0.5) is 0 Å². The van der Waals surface area contributed by atoms with Crippen LogP contribution in [0.2, 0.25) is 0 Å². The summed E-state index contributed by atoms with van der Waals surface area (Å²) in [6, 6.07) is 4.29. The van der Waals surface area contributed by atoms with Gasteiger partial charge >= 0.3 is 0 Å². The molecule has 0 bridgehead atoms. The van der Waals surface area contributed by atoms with E-state index in [2.05, 4.69) is 62.7 Å². The maximum Gasteiger partial charge on any atom is 0.125 e. The Morgan fingerprint density at radius 1 is 1.12 bits per heavy atom. The molecule has 0 fully saturated rings. The molecule has 0 amide bonds. The minimum atomic E-state index is 0.564.